The lowest BCUT2D eigenvalue weighted by Crippen LogP contribution is -2.44. The van der Waals surface area contributed by atoms with Crippen molar-refractivity contribution < 1.29 is 0 Å². The number of hydrogen-bond acceptors (Lipinski definition) is 2. The predicted molar refractivity (Wildman–Crippen MR) is 136 cm³/mol. The molecule has 2 aromatic carbocycles. The van der Waals surface area contributed by atoms with Crippen LogP contribution in [0.3, 0.4) is 0 Å². The van der Waals surface area contributed by atoms with Gasteiger partial charge in [-0.05, 0) is 98.6 Å². The largest absolute Gasteiger partial charge is 0.379 e. The first-order valence-corrected chi connectivity index (χ1v) is 13.5. The highest BCUT2D eigenvalue weighted by molar-refractivity contribution is 5.68. The van der Waals surface area contributed by atoms with Gasteiger partial charge in [-0.1, -0.05) is 62.8 Å². The molecule has 4 unspecified atom stereocenters. The van der Waals surface area contributed by atoms with Crippen LogP contribution in [0.1, 0.15) is 89.9 Å². The smallest absolute Gasteiger partial charge is 0.0401 e. The fourth-order valence-corrected chi connectivity index (χ4v) is 7.97. The van der Waals surface area contributed by atoms with Crippen LogP contribution >= 0.6 is 0 Å². The lowest BCUT2D eigenvalue weighted by atomic mass is 9.75. The van der Waals surface area contributed by atoms with Crippen molar-refractivity contribution in [1.29, 1.82) is 0 Å². The normalized spacial score (nSPS) is 34.0. The predicted octanol–water partition coefficient (Wildman–Crippen LogP) is 8.40. The number of nitrogens with one attached hydrogen (secondary N) is 2. The molecule has 32 heavy (non-hydrogen) atoms. The topological polar surface area (TPSA) is 24.1 Å². The van der Waals surface area contributed by atoms with E-state index in [2.05, 4.69) is 59.2 Å². The first-order valence-electron chi connectivity index (χ1n) is 13.5. The van der Waals surface area contributed by atoms with Crippen molar-refractivity contribution in [1.82, 2.24) is 0 Å². The molecule has 170 valence electrons. The first kappa shape index (κ1) is 20.6. The van der Waals surface area contributed by atoms with Crippen molar-refractivity contribution in [2.24, 2.45) is 11.8 Å². The Labute approximate surface area is 194 Å². The highest BCUT2D eigenvalue weighted by atomic mass is 15.0. The van der Waals surface area contributed by atoms with Crippen LogP contribution in [-0.4, -0.2) is 11.1 Å². The summed E-state index contributed by atoms with van der Waals surface area (Å²) in [5, 5.41) is 8.00. The molecule has 0 aliphatic heterocycles. The Bertz CT molecular complexity index is 839. The molecule has 2 heteroatoms. The standard InChI is InChI=1S/C30H40N2/c1-3-19-29(21-5-9-25(29)7-1)31-27-15-11-23(12-16-27)24-13-17-28(18-14-24)32-30-20-4-2-8-26(30)10-6-22-30/h11-18,25-26,31-32H,1-10,19-22H2. The van der Waals surface area contributed by atoms with Gasteiger partial charge in [0, 0.05) is 22.5 Å². The van der Waals surface area contributed by atoms with Crippen molar-refractivity contribution >= 4 is 11.4 Å². The van der Waals surface area contributed by atoms with Gasteiger partial charge in [0.25, 0.3) is 0 Å². The van der Waals surface area contributed by atoms with E-state index in [4.69, 9.17) is 0 Å². The number of hydrogen-bond donors (Lipinski definition) is 2. The monoisotopic (exact) mass is 428 g/mol. The number of anilines is 2. The van der Waals surface area contributed by atoms with Crippen molar-refractivity contribution in [3.05, 3.63) is 48.5 Å². The van der Waals surface area contributed by atoms with Gasteiger partial charge in [-0.15, -0.1) is 0 Å². The van der Waals surface area contributed by atoms with Gasteiger partial charge in [-0.2, -0.15) is 0 Å². The Balaban J connectivity index is 1.14. The van der Waals surface area contributed by atoms with Crippen LogP contribution in [0.4, 0.5) is 11.4 Å². The molecular weight excluding hydrogens is 388 g/mol. The van der Waals surface area contributed by atoms with E-state index in [1.165, 1.54) is 112 Å². The molecule has 2 N–H and O–H groups in total. The number of benzene rings is 2. The summed E-state index contributed by atoms with van der Waals surface area (Å²) in [5.74, 6) is 1.78. The van der Waals surface area contributed by atoms with Gasteiger partial charge in [0.05, 0.1) is 0 Å². The fourth-order valence-electron chi connectivity index (χ4n) is 7.97. The maximum atomic E-state index is 4.00. The molecule has 4 aliphatic carbocycles. The highest BCUT2D eigenvalue weighted by Crippen LogP contribution is 2.48. The molecule has 0 heterocycles. The molecule has 0 bridgehead atoms. The second-order valence-corrected chi connectivity index (χ2v) is 11.4. The van der Waals surface area contributed by atoms with Crippen molar-refractivity contribution in [2.45, 2.75) is 101 Å². The van der Waals surface area contributed by atoms with E-state index < -0.39 is 0 Å². The summed E-state index contributed by atoms with van der Waals surface area (Å²) < 4.78 is 0. The van der Waals surface area contributed by atoms with Crippen molar-refractivity contribution in [2.75, 3.05) is 10.6 Å². The van der Waals surface area contributed by atoms with E-state index in [-0.39, 0.29) is 0 Å². The van der Waals surface area contributed by atoms with Crippen LogP contribution in [0.15, 0.2) is 48.5 Å². The van der Waals surface area contributed by atoms with E-state index in [1.807, 2.05) is 0 Å². The molecule has 2 aromatic rings. The van der Waals surface area contributed by atoms with E-state index in [0.717, 1.165) is 11.8 Å². The van der Waals surface area contributed by atoms with Crippen molar-refractivity contribution in [3.63, 3.8) is 0 Å². The van der Waals surface area contributed by atoms with Gasteiger partial charge in [0.1, 0.15) is 0 Å². The first-order chi connectivity index (χ1) is 15.7. The van der Waals surface area contributed by atoms with E-state index in [1.54, 1.807) is 0 Å². The SMILES string of the molecule is c1cc(-c2ccc(NC34CCCCC3CCC4)cc2)ccc1NC12CCCCC1CCC2. The van der Waals surface area contributed by atoms with Crippen LogP contribution in [0.5, 0.6) is 0 Å². The molecular formula is C30H40N2. The van der Waals surface area contributed by atoms with Crippen molar-refractivity contribution in [3.8, 4) is 11.1 Å². The highest BCUT2D eigenvalue weighted by Gasteiger charge is 2.44. The van der Waals surface area contributed by atoms with Crippen LogP contribution in [0.25, 0.3) is 11.1 Å². The Hall–Kier alpha value is -1.96. The Kier molecular flexibility index (Phi) is 5.44. The summed E-state index contributed by atoms with van der Waals surface area (Å²) in [6.45, 7) is 0. The van der Waals surface area contributed by atoms with E-state index in [9.17, 15) is 0 Å². The minimum absolute atomic E-state index is 0.379. The second-order valence-electron chi connectivity index (χ2n) is 11.4. The van der Waals surface area contributed by atoms with Crippen LogP contribution in [-0.2, 0) is 0 Å². The minimum Gasteiger partial charge on any atom is -0.379 e. The van der Waals surface area contributed by atoms with Gasteiger partial charge in [0.15, 0.2) is 0 Å². The average Bonchev–Trinajstić information content (AvgIpc) is 3.44. The Morgan fingerprint density at radius 3 is 1.28 bits per heavy atom. The third-order valence-corrected chi connectivity index (χ3v) is 9.65. The second kappa shape index (κ2) is 8.43. The molecule has 0 amide bonds. The molecule has 6 rings (SSSR count). The quantitative estimate of drug-likeness (QED) is 0.499. The molecule has 2 nitrogen and oxygen atoms in total. The lowest BCUT2D eigenvalue weighted by Gasteiger charge is -2.41. The van der Waals surface area contributed by atoms with Gasteiger partial charge < -0.3 is 10.6 Å². The van der Waals surface area contributed by atoms with Gasteiger partial charge >= 0.3 is 0 Å². The zero-order valence-corrected chi connectivity index (χ0v) is 19.7. The Morgan fingerprint density at radius 2 is 0.844 bits per heavy atom. The summed E-state index contributed by atoms with van der Waals surface area (Å²) in [6.07, 6.45) is 19.6. The number of fused-ring (bicyclic) bond motifs is 2. The lowest BCUT2D eigenvalue weighted by molar-refractivity contribution is 0.249. The van der Waals surface area contributed by atoms with E-state index in [0.29, 0.717) is 11.1 Å². The van der Waals surface area contributed by atoms with Crippen LogP contribution < -0.4 is 10.6 Å². The van der Waals surface area contributed by atoms with Gasteiger partial charge in [0.2, 0.25) is 0 Å². The van der Waals surface area contributed by atoms with E-state index >= 15 is 0 Å². The molecule has 0 radical (unpaired) electrons. The van der Waals surface area contributed by atoms with Crippen LogP contribution in [0.2, 0.25) is 0 Å². The minimum atomic E-state index is 0.379. The molecule has 0 aromatic heterocycles. The summed E-state index contributed by atoms with van der Waals surface area (Å²) >= 11 is 0. The average molecular weight is 429 g/mol. The Morgan fingerprint density at radius 1 is 0.469 bits per heavy atom. The third-order valence-electron chi connectivity index (χ3n) is 9.65. The fraction of sp³-hybridized carbons (Fsp3) is 0.600. The molecule has 4 fully saturated rings. The molecule has 4 atom stereocenters. The summed E-state index contributed by atoms with van der Waals surface area (Å²) in [4.78, 5) is 0. The molecule has 4 aliphatic rings. The summed E-state index contributed by atoms with van der Waals surface area (Å²) in [7, 11) is 0. The zero-order chi connectivity index (χ0) is 21.4. The van der Waals surface area contributed by atoms with Crippen LogP contribution in [0, 0.1) is 11.8 Å². The third kappa shape index (κ3) is 3.74. The molecule has 0 saturated heterocycles. The van der Waals surface area contributed by atoms with Gasteiger partial charge in [-0.3, -0.25) is 0 Å². The van der Waals surface area contributed by atoms with Gasteiger partial charge in [-0.25, -0.2) is 0 Å². The maximum absolute atomic E-state index is 4.00. The summed E-state index contributed by atoms with van der Waals surface area (Å²) in [6, 6.07) is 18.5. The zero-order valence-electron chi connectivity index (χ0n) is 19.7. The maximum Gasteiger partial charge on any atom is 0.0401 e. The molecule has 0 spiro atoms. The number of rotatable bonds is 5. The molecule has 4 saturated carbocycles. The summed E-state index contributed by atoms with van der Waals surface area (Å²) in [5.41, 5.74) is 6.02.